The fourth-order valence-corrected chi connectivity index (χ4v) is 4.12. The van der Waals surface area contributed by atoms with Gasteiger partial charge in [-0.2, -0.15) is 0 Å². The van der Waals surface area contributed by atoms with Crippen LogP contribution in [0.15, 0.2) is 49.5 Å². The van der Waals surface area contributed by atoms with Crippen molar-refractivity contribution in [2.24, 2.45) is 7.05 Å². The third-order valence-corrected chi connectivity index (χ3v) is 6.00. The molecule has 0 amide bonds. The molecule has 4 rings (SSSR count). The maximum Gasteiger partial charge on any atom is 0.330 e. The number of hydrogen-bond donors (Lipinski definition) is 3. The van der Waals surface area contributed by atoms with E-state index in [1.165, 1.54) is 9.13 Å². The first kappa shape index (κ1) is 23.8. The van der Waals surface area contributed by atoms with Crippen LogP contribution in [0.4, 0.5) is 11.5 Å². The highest BCUT2D eigenvalue weighted by Gasteiger charge is 2.21. The van der Waals surface area contributed by atoms with Crippen molar-refractivity contribution in [3.05, 3.63) is 83.4 Å². The molecule has 0 saturated carbocycles. The average molecular weight is 481 g/mol. The molecule has 0 saturated heterocycles. The maximum absolute atomic E-state index is 12.7. The highest BCUT2D eigenvalue weighted by molar-refractivity contribution is 5.71. The van der Waals surface area contributed by atoms with Gasteiger partial charge >= 0.3 is 11.4 Å². The molecule has 0 bridgehead atoms. The minimum Gasteiger partial charge on any atom is -0.383 e. The Hall–Kier alpha value is -4.35. The van der Waals surface area contributed by atoms with Gasteiger partial charge in [-0.25, -0.2) is 14.6 Å². The van der Waals surface area contributed by atoms with Crippen molar-refractivity contribution >= 4 is 22.7 Å². The number of nitrogens with one attached hydrogen (secondary N) is 2. The molecular weight excluding hydrogens is 452 g/mol. The van der Waals surface area contributed by atoms with Crippen molar-refractivity contribution in [3.63, 3.8) is 0 Å². The van der Waals surface area contributed by atoms with Gasteiger partial charge < -0.3 is 15.2 Å². The standard InChI is InChI=1S/C23H28N8O4/c1-4-5-11-30-19-17(21(33)27-22(30)34)29(3)15(25-19)13-28(2)16-18(24)31(23(35)26-20(16)32)12-14-9-7-6-8-10-14/h6-10H,4-5,11-13,24H2,1-3H3,(H,26,32,35)(H,27,33,34). The largest absolute Gasteiger partial charge is 0.383 e. The molecule has 0 spiro atoms. The smallest absolute Gasteiger partial charge is 0.330 e. The Labute approximate surface area is 199 Å². The average Bonchev–Trinajstić information content (AvgIpc) is 3.13. The van der Waals surface area contributed by atoms with Crippen LogP contribution >= 0.6 is 0 Å². The van der Waals surface area contributed by atoms with E-state index in [0.29, 0.717) is 12.4 Å². The Morgan fingerprint density at radius 3 is 2.34 bits per heavy atom. The Kier molecular flexibility index (Phi) is 6.45. The number of anilines is 2. The van der Waals surface area contributed by atoms with Crippen LogP contribution in [0, 0.1) is 0 Å². The minimum atomic E-state index is -0.629. The second kappa shape index (κ2) is 9.49. The Morgan fingerprint density at radius 1 is 1.00 bits per heavy atom. The fraction of sp³-hybridized carbons (Fsp3) is 0.348. The fourth-order valence-electron chi connectivity index (χ4n) is 4.12. The van der Waals surface area contributed by atoms with Crippen LogP contribution in [0.5, 0.6) is 0 Å². The number of aromatic amines is 2. The Morgan fingerprint density at radius 2 is 1.66 bits per heavy atom. The summed E-state index contributed by atoms with van der Waals surface area (Å²) in [5.41, 5.74) is 5.52. The number of unbranched alkanes of at least 4 members (excludes halogenated alkanes) is 1. The molecule has 12 heteroatoms. The number of rotatable bonds is 8. The molecule has 0 atom stereocenters. The van der Waals surface area contributed by atoms with Gasteiger partial charge in [-0.1, -0.05) is 43.7 Å². The van der Waals surface area contributed by atoms with Gasteiger partial charge in [0.2, 0.25) is 0 Å². The van der Waals surface area contributed by atoms with E-state index in [2.05, 4.69) is 15.0 Å². The lowest BCUT2D eigenvalue weighted by atomic mass is 10.2. The van der Waals surface area contributed by atoms with Crippen molar-refractivity contribution in [1.29, 1.82) is 0 Å². The second-order valence-corrected chi connectivity index (χ2v) is 8.44. The van der Waals surface area contributed by atoms with Crippen molar-refractivity contribution in [2.75, 3.05) is 17.7 Å². The third-order valence-electron chi connectivity index (χ3n) is 6.00. The highest BCUT2D eigenvalue weighted by atomic mass is 16.2. The van der Waals surface area contributed by atoms with Crippen LogP contribution < -0.4 is 33.1 Å². The summed E-state index contributed by atoms with van der Waals surface area (Å²) in [5, 5.41) is 0. The minimum absolute atomic E-state index is 0.0153. The van der Waals surface area contributed by atoms with Gasteiger partial charge in [0.25, 0.3) is 11.1 Å². The molecule has 4 aromatic rings. The molecule has 0 aliphatic carbocycles. The topological polar surface area (TPSA) is 157 Å². The lowest BCUT2D eigenvalue weighted by Gasteiger charge is -2.21. The van der Waals surface area contributed by atoms with E-state index in [4.69, 9.17) is 5.73 Å². The van der Waals surface area contributed by atoms with Gasteiger partial charge in [0.05, 0.1) is 13.1 Å². The van der Waals surface area contributed by atoms with E-state index in [1.807, 2.05) is 37.3 Å². The summed E-state index contributed by atoms with van der Waals surface area (Å²) >= 11 is 0. The zero-order chi connectivity index (χ0) is 25.3. The lowest BCUT2D eigenvalue weighted by Crippen LogP contribution is -2.37. The van der Waals surface area contributed by atoms with E-state index >= 15 is 0 Å². The summed E-state index contributed by atoms with van der Waals surface area (Å²) in [6.07, 6.45) is 1.62. The summed E-state index contributed by atoms with van der Waals surface area (Å²) in [7, 11) is 3.32. The summed E-state index contributed by atoms with van der Waals surface area (Å²) in [5.74, 6) is 0.463. The first-order valence-electron chi connectivity index (χ1n) is 11.3. The van der Waals surface area contributed by atoms with E-state index in [9.17, 15) is 19.2 Å². The molecule has 0 fully saturated rings. The van der Waals surface area contributed by atoms with Crippen LogP contribution in [0.2, 0.25) is 0 Å². The van der Waals surface area contributed by atoms with Gasteiger partial charge in [-0.15, -0.1) is 0 Å². The van der Waals surface area contributed by atoms with Gasteiger partial charge in [-0.3, -0.25) is 28.7 Å². The third kappa shape index (κ3) is 4.42. The molecule has 35 heavy (non-hydrogen) atoms. The first-order valence-corrected chi connectivity index (χ1v) is 11.3. The SMILES string of the molecule is CCCCn1c(=O)[nH]c(=O)c2c1nc(CN(C)c1c(N)n(Cc3ccccc3)c(=O)[nH]c1=O)n2C. The molecule has 4 N–H and O–H groups in total. The zero-order valence-electron chi connectivity index (χ0n) is 19.9. The Balaban J connectivity index is 1.75. The normalized spacial score (nSPS) is 11.3. The van der Waals surface area contributed by atoms with E-state index in [-0.39, 0.29) is 35.8 Å². The number of hydrogen-bond acceptors (Lipinski definition) is 7. The molecule has 1 aromatic carbocycles. The molecular formula is C23H28N8O4. The molecule has 0 radical (unpaired) electrons. The van der Waals surface area contributed by atoms with Crippen LogP contribution in [0.1, 0.15) is 31.2 Å². The number of aromatic nitrogens is 6. The molecule has 3 heterocycles. The van der Waals surface area contributed by atoms with Crippen LogP contribution in [0.3, 0.4) is 0 Å². The second-order valence-electron chi connectivity index (χ2n) is 8.44. The van der Waals surface area contributed by atoms with Gasteiger partial charge in [-0.05, 0) is 12.0 Å². The maximum atomic E-state index is 12.7. The number of nitrogens with zero attached hydrogens (tertiary/aromatic N) is 5. The zero-order valence-corrected chi connectivity index (χ0v) is 19.9. The number of imidazole rings is 1. The Bertz CT molecular complexity index is 1610. The van der Waals surface area contributed by atoms with Crippen molar-refractivity contribution < 1.29 is 0 Å². The van der Waals surface area contributed by atoms with E-state index in [0.717, 1.165) is 18.4 Å². The van der Waals surface area contributed by atoms with Crippen molar-refractivity contribution in [1.82, 2.24) is 28.7 Å². The molecule has 184 valence electrons. The lowest BCUT2D eigenvalue weighted by molar-refractivity contribution is 0.613. The predicted molar refractivity (Wildman–Crippen MR) is 134 cm³/mol. The number of nitrogens with two attached hydrogens (primary N) is 1. The van der Waals surface area contributed by atoms with E-state index in [1.54, 1.807) is 23.6 Å². The number of benzene rings is 1. The van der Waals surface area contributed by atoms with Crippen molar-refractivity contribution in [3.8, 4) is 0 Å². The predicted octanol–water partition coefficient (Wildman–Crippen LogP) is 0.340. The summed E-state index contributed by atoms with van der Waals surface area (Å²) in [6, 6.07) is 9.28. The highest BCUT2D eigenvalue weighted by Crippen LogP contribution is 2.19. The van der Waals surface area contributed by atoms with Crippen LogP contribution in [-0.4, -0.2) is 35.7 Å². The first-order chi connectivity index (χ1) is 16.7. The summed E-state index contributed by atoms with van der Waals surface area (Å²) < 4.78 is 4.34. The molecule has 12 nitrogen and oxygen atoms in total. The number of H-pyrrole nitrogens is 2. The van der Waals surface area contributed by atoms with Crippen LogP contribution in [-0.2, 0) is 26.7 Å². The molecule has 0 aliphatic rings. The van der Waals surface area contributed by atoms with E-state index < -0.39 is 22.5 Å². The number of nitrogen functional groups attached to an aromatic ring is 1. The van der Waals surface area contributed by atoms with Gasteiger partial charge in [0, 0.05) is 20.6 Å². The summed E-state index contributed by atoms with van der Waals surface area (Å²) in [4.78, 5) is 60.9. The van der Waals surface area contributed by atoms with Gasteiger partial charge in [0.15, 0.2) is 11.2 Å². The quantitative estimate of drug-likeness (QED) is 0.328. The van der Waals surface area contributed by atoms with Gasteiger partial charge in [0.1, 0.15) is 17.3 Å². The number of aryl methyl sites for hydroxylation is 2. The van der Waals surface area contributed by atoms with Crippen LogP contribution in [0.25, 0.3) is 11.2 Å². The monoisotopic (exact) mass is 480 g/mol. The molecule has 3 aromatic heterocycles. The molecule has 0 aliphatic heterocycles. The summed E-state index contributed by atoms with van der Waals surface area (Å²) in [6.45, 7) is 2.72. The number of fused-ring (bicyclic) bond motifs is 1. The van der Waals surface area contributed by atoms with Crippen molar-refractivity contribution in [2.45, 2.75) is 39.4 Å². The molecule has 0 unspecified atom stereocenters.